The zero-order valence-corrected chi connectivity index (χ0v) is 23.5. The summed E-state index contributed by atoms with van der Waals surface area (Å²) in [5, 5.41) is 0. The van der Waals surface area contributed by atoms with Crippen molar-refractivity contribution in [3.63, 3.8) is 0 Å². The Kier molecular flexibility index (Phi) is 8.32. The molecule has 0 aliphatic carbocycles. The maximum absolute atomic E-state index is 13.8. The second-order valence-electron chi connectivity index (χ2n) is 12.3. The van der Waals surface area contributed by atoms with Crippen LogP contribution in [-0.2, 0) is 44.6 Å². The number of amides is 1. The number of ketones is 1. The number of carbonyl (C=O) groups excluding carboxylic acids is 5. The number of likely N-dealkylation sites (tertiary alicyclic amines) is 1. The minimum absolute atomic E-state index is 0.0700. The van der Waals surface area contributed by atoms with Gasteiger partial charge < -0.3 is 19.1 Å². The molecule has 0 spiro atoms. The van der Waals surface area contributed by atoms with E-state index in [-0.39, 0.29) is 6.42 Å². The Morgan fingerprint density at radius 1 is 0.811 bits per heavy atom. The molecule has 1 aliphatic heterocycles. The molecule has 1 heterocycles. The number of hydrogen-bond acceptors (Lipinski definition) is 8. The first-order valence-corrected chi connectivity index (χ1v) is 12.3. The predicted molar refractivity (Wildman–Crippen MR) is 135 cm³/mol. The smallest absolute Gasteiger partial charge is 0.345 e. The van der Waals surface area contributed by atoms with Gasteiger partial charge in [0.1, 0.15) is 34.5 Å². The summed E-state index contributed by atoms with van der Waals surface area (Å²) < 4.78 is 16.8. The summed E-state index contributed by atoms with van der Waals surface area (Å²) >= 11 is 0. The van der Waals surface area contributed by atoms with Gasteiger partial charge in [-0.2, -0.15) is 0 Å². The van der Waals surface area contributed by atoms with E-state index >= 15 is 0 Å². The van der Waals surface area contributed by atoms with Gasteiger partial charge in [0.2, 0.25) is 5.91 Å². The molecule has 0 aromatic heterocycles. The van der Waals surface area contributed by atoms with Crippen molar-refractivity contribution < 1.29 is 38.2 Å². The van der Waals surface area contributed by atoms with Crippen LogP contribution < -0.4 is 0 Å². The molecule has 0 radical (unpaired) electrons. The van der Waals surface area contributed by atoms with Gasteiger partial charge in [-0.15, -0.1) is 0 Å². The van der Waals surface area contributed by atoms with Crippen LogP contribution in [0.3, 0.4) is 0 Å². The van der Waals surface area contributed by atoms with Crippen LogP contribution in [0.4, 0.5) is 0 Å². The van der Waals surface area contributed by atoms with Crippen molar-refractivity contribution in [1.82, 2.24) is 4.90 Å². The molecule has 0 N–H and O–H groups in total. The molecule has 204 valence electrons. The van der Waals surface area contributed by atoms with Crippen molar-refractivity contribution in [3.05, 3.63) is 35.9 Å². The van der Waals surface area contributed by atoms with Gasteiger partial charge in [0, 0.05) is 6.42 Å². The number of ether oxygens (including phenoxy) is 3. The summed E-state index contributed by atoms with van der Waals surface area (Å²) in [6.45, 7) is 15.7. The summed E-state index contributed by atoms with van der Waals surface area (Å²) in [5.74, 6) is -6.40. The van der Waals surface area contributed by atoms with Gasteiger partial charge in [0.25, 0.3) is 5.54 Å². The minimum atomic E-state index is -2.50. The topological polar surface area (TPSA) is 116 Å². The molecule has 1 amide bonds. The fourth-order valence-corrected chi connectivity index (χ4v) is 4.15. The van der Waals surface area contributed by atoms with Gasteiger partial charge in [0.15, 0.2) is 0 Å². The SMILES string of the molecule is CC(=O)[C@@H]1C(=O)N([C@H](Cc2ccccc2)C(=O)OC(C)(C)C)C1(C(=O)OC(C)(C)C)C(=O)OC(C)(C)C. The molecule has 9 nitrogen and oxygen atoms in total. The third-order valence-electron chi connectivity index (χ3n) is 5.37. The van der Waals surface area contributed by atoms with Crippen LogP contribution in [-0.4, -0.2) is 62.9 Å². The quantitative estimate of drug-likeness (QED) is 0.234. The predicted octanol–water partition coefficient (Wildman–Crippen LogP) is 3.41. The lowest BCUT2D eigenvalue weighted by molar-refractivity contribution is -0.219. The first-order valence-electron chi connectivity index (χ1n) is 12.3. The third-order valence-corrected chi connectivity index (χ3v) is 5.37. The van der Waals surface area contributed by atoms with Gasteiger partial charge in [-0.3, -0.25) is 9.59 Å². The number of esters is 3. The largest absolute Gasteiger partial charge is 0.458 e. The van der Waals surface area contributed by atoms with Gasteiger partial charge in [-0.25, -0.2) is 14.4 Å². The summed E-state index contributed by atoms with van der Waals surface area (Å²) in [6, 6.07) is 7.38. The molecule has 1 aromatic carbocycles. The second kappa shape index (κ2) is 10.3. The number of rotatable bonds is 7. The van der Waals surface area contributed by atoms with Gasteiger partial charge in [-0.05, 0) is 74.8 Å². The zero-order chi connectivity index (χ0) is 28.6. The Morgan fingerprint density at radius 3 is 1.62 bits per heavy atom. The Morgan fingerprint density at radius 2 is 1.24 bits per heavy atom. The number of β-lactam (4-membered cyclic amide) rings is 1. The van der Waals surface area contributed by atoms with Crippen molar-refractivity contribution in [2.45, 2.75) is 104 Å². The normalized spacial score (nSPS) is 18.4. The Balaban J connectivity index is 2.79. The van der Waals surface area contributed by atoms with E-state index < -0.39 is 63.9 Å². The Hall–Kier alpha value is -3.23. The fourth-order valence-electron chi connectivity index (χ4n) is 4.15. The highest BCUT2D eigenvalue weighted by Gasteiger charge is 2.76. The molecule has 37 heavy (non-hydrogen) atoms. The average Bonchev–Trinajstić information content (AvgIpc) is 2.67. The highest BCUT2D eigenvalue weighted by atomic mass is 16.6. The first kappa shape index (κ1) is 30.0. The average molecular weight is 518 g/mol. The zero-order valence-electron chi connectivity index (χ0n) is 23.5. The van der Waals surface area contributed by atoms with Crippen LogP contribution in [0.25, 0.3) is 0 Å². The molecule has 0 saturated carbocycles. The van der Waals surface area contributed by atoms with Crippen LogP contribution in [0.5, 0.6) is 0 Å². The molecule has 1 aliphatic rings. The molecule has 0 unspecified atom stereocenters. The van der Waals surface area contributed by atoms with E-state index in [0.717, 1.165) is 11.8 Å². The van der Waals surface area contributed by atoms with E-state index in [4.69, 9.17) is 14.2 Å². The maximum atomic E-state index is 13.8. The van der Waals surface area contributed by atoms with E-state index in [0.29, 0.717) is 5.56 Å². The summed E-state index contributed by atoms with van der Waals surface area (Å²) in [7, 11) is 0. The highest BCUT2D eigenvalue weighted by molar-refractivity contribution is 6.25. The van der Waals surface area contributed by atoms with Crippen LogP contribution in [0.1, 0.15) is 74.8 Å². The molecule has 1 fully saturated rings. The van der Waals surface area contributed by atoms with Crippen LogP contribution in [0.2, 0.25) is 0 Å². The Labute approximate surface area is 218 Å². The minimum Gasteiger partial charge on any atom is -0.458 e. The van der Waals surface area contributed by atoms with Gasteiger partial charge in [0.05, 0.1) is 0 Å². The molecule has 9 heteroatoms. The summed E-state index contributed by atoms with van der Waals surface area (Å²) in [5.41, 5.74) is -4.92. The molecule has 2 atom stereocenters. The fraction of sp³-hybridized carbons (Fsp3) is 0.607. The number of nitrogens with zero attached hydrogens (tertiary/aromatic N) is 1. The van der Waals surface area contributed by atoms with E-state index in [1.54, 1.807) is 92.6 Å². The lowest BCUT2D eigenvalue weighted by Crippen LogP contribution is -2.83. The van der Waals surface area contributed by atoms with Gasteiger partial charge >= 0.3 is 17.9 Å². The maximum Gasteiger partial charge on any atom is 0.345 e. The number of carbonyl (C=O) groups is 5. The lowest BCUT2D eigenvalue weighted by Gasteiger charge is -2.55. The highest BCUT2D eigenvalue weighted by Crippen LogP contribution is 2.45. The second-order valence-corrected chi connectivity index (χ2v) is 12.3. The number of Topliss-reactive ketones (excluding diaryl/α,β-unsaturated/α-hetero) is 1. The monoisotopic (exact) mass is 517 g/mol. The van der Waals surface area contributed by atoms with E-state index in [9.17, 15) is 24.0 Å². The lowest BCUT2D eigenvalue weighted by atomic mass is 9.69. The van der Waals surface area contributed by atoms with Crippen molar-refractivity contribution >= 4 is 29.6 Å². The van der Waals surface area contributed by atoms with Crippen LogP contribution >= 0.6 is 0 Å². The first-order chi connectivity index (χ1) is 16.7. The van der Waals surface area contributed by atoms with E-state index in [2.05, 4.69) is 0 Å². The molecule has 0 bridgehead atoms. The van der Waals surface area contributed by atoms with E-state index in [1.165, 1.54) is 0 Å². The van der Waals surface area contributed by atoms with Gasteiger partial charge in [-0.1, -0.05) is 30.3 Å². The molecule has 2 rings (SSSR count). The molecule has 1 saturated heterocycles. The standard InChI is InChI=1S/C28H39NO8/c1-17(30)20-21(31)29(19(22(32)35-25(2,3)4)16-18-14-12-11-13-15-18)28(20,23(33)36-26(5,6)7)24(34)37-27(8,9)10/h11-15,19-20H,16H2,1-10H3/t19-,20-/m1/s1. The summed E-state index contributed by atoms with van der Waals surface area (Å²) in [6.07, 6.45) is -0.0700. The van der Waals surface area contributed by atoms with Crippen molar-refractivity contribution in [2.24, 2.45) is 5.92 Å². The number of hydrogen-bond donors (Lipinski definition) is 0. The molecular formula is C28H39NO8. The third kappa shape index (κ3) is 6.76. The molecular weight excluding hydrogens is 478 g/mol. The van der Waals surface area contributed by atoms with Crippen LogP contribution in [0, 0.1) is 5.92 Å². The van der Waals surface area contributed by atoms with Crippen molar-refractivity contribution in [1.29, 1.82) is 0 Å². The Bertz CT molecular complexity index is 1030. The number of benzene rings is 1. The summed E-state index contributed by atoms with van der Waals surface area (Å²) in [4.78, 5) is 68.2. The van der Waals surface area contributed by atoms with Crippen molar-refractivity contribution in [2.75, 3.05) is 0 Å². The van der Waals surface area contributed by atoms with Crippen molar-refractivity contribution in [3.8, 4) is 0 Å². The molecule has 1 aromatic rings. The van der Waals surface area contributed by atoms with Crippen LogP contribution in [0.15, 0.2) is 30.3 Å². The van der Waals surface area contributed by atoms with E-state index in [1.807, 2.05) is 0 Å².